The molecule has 0 aromatic carbocycles. The number of hydrogen-bond acceptors (Lipinski definition) is 15. The molecule has 0 aliphatic carbocycles. The molecule has 0 radical (unpaired) electrons. The number of unbranched alkanes of at least 4 members (excludes halogenated alkanes) is 30. The molecule has 0 saturated carbocycles. The van der Waals surface area contributed by atoms with Crippen LogP contribution < -0.4 is 0 Å². The Kier molecular flexibility index (Phi) is 52.5. The number of ether oxygens (including phenoxy) is 4. The number of rotatable bonds is 60. The minimum Gasteiger partial charge on any atom is -0.462 e. The minimum atomic E-state index is -4.94. The van der Waals surface area contributed by atoms with Crippen LogP contribution in [0.25, 0.3) is 0 Å². The van der Waals surface area contributed by atoms with E-state index in [4.69, 9.17) is 37.0 Å². The summed E-state index contributed by atoms with van der Waals surface area (Å²) in [4.78, 5) is 71.9. The number of carbonyl (C=O) groups is 4. The zero-order chi connectivity index (χ0) is 59.4. The third-order valence-electron chi connectivity index (χ3n) is 14.0. The van der Waals surface area contributed by atoms with E-state index in [1.807, 2.05) is 0 Å². The van der Waals surface area contributed by atoms with E-state index >= 15 is 0 Å². The normalized spacial score (nSPS) is 14.4. The third kappa shape index (κ3) is 55.3. The molecule has 0 rings (SSSR count). The number of phosphoric acid groups is 2. The second-order valence-electron chi connectivity index (χ2n) is 23.0. The molecule has 80 heavy (non-hydrogen) atoms. The fourth-order valence-electron chi connectivity index (χ4n) is 9.00. The maximum atomic E-state index is 12.9. The molecule has 0 aromatic rings. The molecule has 19 heteroatoms. The van der Waals surface area contributed by atoms with Crippen molar-refractivity contribution in [3.8, 4) is 0 Å². The van der Waals surface area contributed by atoms with Crippen molar-refractivity contribution in [2.45, 2.75) is 317 Å². The van der Waals surface area contributed by atoms with Crippen LogP contribution in [0.5, 0.6) is 0 Å². The van der Waals surface area contributed by atoms with E-state index in [1.54, 1.807) is 0 Å². The van der Waals surface area contributed by atoms with Gasteiger partial charge in [-0.2, -0.15) is 0 Å². The van der Waals surface area contributed by atoms with Crippen molar-refractivity contribution < 1.29 is 80.2 Å². The van der Waals surface area contributed by atoms with Gasteiger partial charge in [0, 0.05) is 25.7 Å². The second kappa shape index (κ2) is 53.8. The molecule has 0 fully saturated rings. The van der Waals surface area contributed by atoms with Crippen LogP contribution in [0.3, 0.4) is 0 Å². The van der Waals surface area contributed by atoms with Crippen LogP contribution in [0.1, 0.15) is 298 Å². The lowest BCUT2D eigenvalue weighted by Gasteiger charge is -2.21. The first-order valence-electron chi connectivity index (χ1n) is 32.0. The van der Waals surface area contributed by atoms with Gasteiger partial charge in [0.2, 0.25) is 0 Å². The summed E-state index contributed by atoms with van der Waals surface area (Å²) in [6, 6.07) is 0. The van der Waals surface area contributed by atoms with Crippen LogP contribution in [-0.4, -0.2) is 96.7 Å². The number of esters is 4. The SMILES string of the molecule is CCCCCCCCCCCCC(=O)OC[C@H](COP(=O)(O)OC[C@@H](O)COP(=O)(O)OC[C@@H](COC(=O)CCCCCCCCCC)OC(=O)CCCCCCCCC(C)C)OC(=O)CCCCCCCCCCCCC(C)C. The quantitative estimate of drug-likeness (QED) is 0.0222. The van der Waals surface area contributed by atoms with Crippen molar-refractivity contribution in [1.29, 1.82) is 0 Å². The monoisotopic (exact) mass is 1180 g/mol. The molecule has 0 spiro atoms. The molecule has 474 valence electrons. The topological polar surface area (TPSA) is 237 Å². The fourth-order valence-corrected chi connectivity index (χ4v) is 10.6. The number of aliphatic hydroxyl groups is 1. The van der Waals surface area contributed by atoms with Gasteiger partial charge in [0.05, 0.1) is 26.4 Å². The van der Waals surface area contributed by atoms with Crippen molar-refractivity contribution in [3.05, 3.63) is 0 Å². The standard InChI is InChI=1S/C61H118O17P2/c1-7-9-11-13-15-17-21-25-32-38-44-59(64)72-49-56(77-60(65)45-39-33-26-22-19-18-20-23-29-35-41-53(3)4)51-75-79(67,68)73-47-55(62)48-74-80(69,70)76-52-57(50-71-58(63)43-37-31-24-16-14-12-10-8-2)78-61(66)46-40-34-28-27-30-36-42-54(5)6/h53-57,62H,7-52H2,1-6H3,(H,67,68)(H,69,70)/t55-,56-,57-/m1/s1. The van der Waals surface area contributed by atoms with Crippen molar-refractivity contribution in [2.75, 3.05) is 39.6 Å². The van der Waals surface area contributed by atoms with Crippen molar-refractivity contribution in [3.63, 3.8) is 0 Å². The minimum absolute atomic E-state index is 0.102. The molecular weight excluding hydrogens is 1070 g/mol. The highest BCUT2D eigenvalue weighted by Gasteiger charge is 2.30. The van der Waals surface area contributed by atoms with Gasteiger partial charge in [-0.15, -0.1) is 0 Å². The molecule has 0 aliphatic heterocycles. The molecule has 2 unspecified atom stereocenters. The first-order valence-corrected chi connectivity index (χ1v) is 35.0. The zero-order valence-corrected chi connectivity index (χ0v) is 53.2. The Hall–Kier alpha value is -1.94. The van der Waals surface area contributed by atoms with E-state index in [0.29, 0.717) is 31.6 Å². The van der Waals surface area contributed by atoms with Crippen LogP contribution in [-0.2, 0) is 65.4 Å². The summed E-state index contributed by atoms with van der Waals surface area (Å²) >= 11 is 0. The van der Waals surface area contributed by atoms with E-state index < -0.39 is 97.5 Å². The van der Waals surface area contributed by atoms with Crippen LogP contribution in [0.15, 0.2) is 0 Å². The van der Waals surface area contributed by atoms with E-state index in [2.05, 4.69) is 41.5 Å². The highest BCUT2D eigenvalue weighted by Crippen LogP contribution is 2.45. The number of hydrogen-bond donors (Lipinski definition) is 3. The van der Waals surface area contributed by atoms with Crippen molar-refractivity contribution in [1.82, 2.24) is 0 Å². The molecule has 3 N–H and O–H groups in total. The van der Waals surface area contributed by atoms with Gasteiger partial charge in [-0.05, 0) is 37.5 Å². The number of carbonyl (C=O) groups excluding carboxylic acids is 4. The van der Waals surface area contributed by atoms with Gasteiger partial charge >= 0.3 is 39.5 Å². The summed E-state index contributed by atoms with van der Waals surface area (Å²) < 4.78 is 67.8. The number of phosphoric ester groups is 2. The molecule has 0 bridgehead atoms. The summed E-state index contributed by atoms with van der Waals surface area (Å²) in [7, 11) is -9.88. The molecule has 5 atom stereocenters. The molecule has 17 nitrogen and oxygen atoms in total. The smallest absolute Gasteiger partial charge is 0.462 e. The summed E-state index contributed by atoms with van der Waals surface area (Å²) in [5, 5.41) is 10.5. The molecule has 0 aromatic heterocycles. The largest absolute Gasteiger partial charge is 0.472 e. The molecule has 0 heterocycles. The molecular formula is C61H118O17P2. The highest BCUT2D eigenvalue weighted by atomic mass is 31.2. The second-order valence-corrected chi connectivity index (χ2v) is 25.9. The first kappa shape index (κ1) is 78.1. The van der Waals surface area contributed by atoms with Crippen LogP contribution in [0.2, 0.25) is 0 Å². The van der Waals surface area contributed by atoms with Crippen molar-refractivity contribution in [2.24, 2.45) is 11.8 Å². The zero-order valence-electron chi connectivity index (χ0n) is 51.4. The highest BCUT2D eigenvalue weighted by molar-refractivity contribution is 7.47. The maximum Gasteiger partial charge on any atom is 0.472 e. The van der Waals surface area contributed by atoms with Gasteiger partial charge in [0.15, 0.2) is 12.2 Å². The van der Waals surface area contributed by atoms with E-state index in [0.717, 1.165) is 102 Å². The lowest BCUT2D eigenvalue weighted by atomic mass is 10.0. The van der Waals surface area contributed by atoms with E-state index in [9.17, 15) is 43.2 Å². The number of aliphatic hydroxyl groups excluding tert-OH is 1. The average Bonchev–Trinajstić information content (AvgIpc) is 3.41. The van der Waals surface area contributed by atoms with Gasteiger partial charge in [0.1, 0.15) is 19.3 Å². The Labute approximate surface area is 486 Å². The summed E-state index contributed by atoms with van der Waals surface area (Å²) in [6.07, 6.45) is 35.0. The van der Waals surface area contributed by atoms with Crippen LogP contribution in [0.4, 0.5) is 0 Å². The molecule has 0 aliphatic rings. The van der Waals surface area contributed by atoms with Gasteiger partial charge in [-0.3, -0.25) is 37.3 Å². The molecule has 0 saturated heterocycles. The Morgan fingerprint density at radius 2 is 0.575 bits per heavy atom. The Bertz CT molecular complexity index is 1580. The predicted molar refractivity (Wildman–Crippen MR) is 317 cm³/mol. The molecule has 0 amide bonds. The summed E-state index contributed by atoms with van der Waals surface area (Å²) in [5.41, 5.74) is 0. The van der Waals surface area contributed by atoms with Gasteiger partial charge in [-0.1, -0.05) is 247 Å². The van der Waals surface area contributed by atoms with Crippen molar-refractivity contribution >= 4 is 39.5 Å². The van der Waals surface area contributed by atoms with Gasteiger partial charge in [0.25, 0.3) is 0 Å². The summed E-state index contributed by atoms with van der Waals surface area (Å²) in [6.45, 7) is 9.33. The van der Waals surface area contributed by atoms with E-state index in [-0.39, 0.29) is 25.7 Å². The maximum absolute atomic E-state index is 12.9. The summed E-state index contributed by atoms with van der Waals surface area (Å²) in [5.74, 6) is -0.723. The predicted octanol–water partition coefficient (Wildman–Crippen LogP) is 16.5. The van der Waals surface area contributed by atoms with Crippen LogP contribution >= 0.6 is 15.6 Å². The lowest BCUT2D eigenvalue weighted by molar-refractivity contribution is -0.161. The Morgan fingerprint density at radius 3 is 0.850 bits per heavy atom. The van der Waals surface area contributed by atoms with Crippen LogP contribution in [0, 0.1) is 11.8 Å². The lowest BCUT2D eigenvalue weighted by Crippen LogP contribution is -2.30. The Morgan fingerprint density at radius 1 is 0.338 bits per heavy atom. The van der Waals surface area contributed by atoms with Gasteiger partial charge < -0.3 is 33.8 Å². The average molecular weight is 1190 g/mol. The third-order valence-corrected chi connectivity index (χ3v) is 15.9. The van der Waals surface area contributed by atoms with Gasteiger partial charge in [-0.25, -0.2) is 9.13 Å². The fraction of sp³-hybridized carbons (Fsp3) is 0.934. The van der Waals surface area contributed by atoms with E-state index in [1.165, 1.54) is 109 Å². The first-order chi connectivity index (χ1) is 38.4. The Balaban J connectivity index is 5.22.